The second-order valence-electron chi connectivity index (χ2n) is 5.01. The van der Waals surface area contributed by atoms with Crippen LogP contribution in [0, 0.1) is 18.3 Å². The number of nitriles is 1. The molecule has 0 radical (unpaired) electrons. The molecule has 0 aliphatic rings. The minimum absolute atomic E-state index is 0.0613. The standard InChI is InChI=1S/C19H15NO4/c1-13-6-2-4-8-16(13)19(23)15(11-20)10-14-7-3-5-9-17(14)24-12-18(21)22/h2-10H,12H2,1H3,(H,21,22)/p-1/b15-10+. The van der Waals surface area contributed by atoms with Crippen LogP contribution >= 0.6 is 0 Å². The molecule has 0 saturated heterocycles. The first-order chi connectivity index (χ1) is 11.5. The summed E-state index contributed by atoms with van der Waals surface area (Å²) in [7, 11) is 0. The molecular formula is C19H14NO4-. The Labute approximate surface area is 139 Å². The number of allylic oxidation sites excluding steroid dienone is 1. The SMILES string of the molecule is Cc1ccccc1C(=O)/C(C#N)=C/c1ccccc1OCC(=O)[O-]. The predicted octanol–water partition coefficient (Wildman–Crippen LogP) is 1.91. The lowest BCUT2D eigenvalue weighted by Crippen LogP contribution is -2.29. The van der Waals surface area contributed by atoms with E-state index in [9.17, 15) is 20.0 Å². The summed E-state index contributed by atoms with van der Waals surface area (Å²) >= 11 is 0. The van der Waals surface area contributed by atoms with Crippen molar-refractivity contribution in [3.8, 4) is 11.8 Å². The summed E-state index contributed by atoms with van der Waals surface area (Å²) in [5, 5.41) is 19.9. The Morgan fingerprint density at radius 1 is 1.17 bits per heavy atom. The molecule has 0 bridgehead atoms. The summed E-state index contributed by atoms with van der Waals surface area (Å²) < 4.78 is 5.13. The molecule has 2 rings (SSSR count). The highest BCUT2D eigenvalue weighted by Crippen LogP contribution is 2.22. The van der Waals surface area contributed by atoms with E-state index in [4.69, 9.17) is 4.74 Å². The number of carboxylic acid groups (broad SMARTS) is 1. The lowest BCUT2D eigenvalue weighted by atomic mass is 9.98. The summed E-state index contributed by atoms with van der Waals surface area (Å²) in [5.74, 6) is -1.50. The van der Waals surface area contributed by atoms with Gasteiger partial charge in [0.15, 0.2) is 0 Å². The van der Waals surface area contributed by atoms with Gasteiger partial charge in [-0.1, -0.05) is 42.5 Å². The fraction of sp³-hybridized carbons (Fsp3) is 0.105. The van der Waals surface area contributed by atoms with Crippen molar-refractivity contribution in [3.05, 3.63) is 70.8 Å². The van der Waals surface area contributed by atoms with Gasteiger partial charge < -0.3 is 14.6 Å². The zero-order chi connectivity index (χ0) is 17.5. The Bertz CT molecular complexity index is 846. The molecule has 0 unspecified atom stereocenters. The van der Waals surface area contributed by atoms with Gasteiger partial charge in [-0.2, -0.15) is 5.26 Å². The smallest absolute Gasteiger partial charge is 0.203 e. The van der Waals surface area contributed by atoms with Crippen molar-refractivity contribution in [2.24, 2.45) is 0 Å². The third-order valence-electron chi connectivity index (χ3n) is 3.32. The van der Waals surface area contributed by atoms with Crippen LogP contribution < -0.4 is 9.84 Å². The second kappa shape index (κ2) is 7.75. The maximum atomic E-state index is 12.5. The number of carboxylic acids is 1. The molecule has 0 N–H and O–H groups in total. The summed E-state index contributed by atoms with van der Waals surface area (Å²) in [6, 6.07) is 15.4. The van der Waals surface area contributed by atoms with E-state index in [1.165, 1.54) is 6.08 Å². The van der Waals surface area contributed by atoms with E-state index in [-0.39, 0.29) is 11.3 Å². The van der Waals surface area contributed by atoms with E-state index in [0.717, 1.165) is 5.56 Å². The number of Topliss-reactive ketones (excluding diaryl/α,β-unsaturated/α-hetero) is 1. The van der Waals surface area contributed by atoms with Gasteiger partial charge in [0, 0.05) is 11.1 Å². The first-order valence-electron chi connectivity index (χ1n) is 7.16. The van der Waals surface area contributed by atoms with Gasteiger partial charge in [-0.3, -0.25) is 4.79 Å². The average molecular weight is 320 g/mol. The van der Waals surface area contributed by atoms with Crippen molar-refractivity contribution in [3.63, 3.8) is 0 Å². The fourth-order valence-electron chi connectivity index (χ4n) is 2.14. The number of rotatable bonds is 6. The number of hydrogen-bond acceptors (Lipinski definition) is 5. The molecular weight excluding hydrogens is 306 g/mol. The largest absolute Gasteiger partial charge is 0.546 e. The molecule has 0 saturated carbocycles. The van der Waals surface area contributed by atoms with E-state index in [2.05, 4.69) is 0 Å². The van der Waals surface area contributed by atoms with Gasteiger partial charge in [0.25, 0.3) is 0 Å². The Morgan fingerprint density at radius 3 is 2.50 bits per heavy atom. The van der Waals surface area contributed by atoms with E-state index in [1.54, 1.807) is 49.4 Å². The van der Waals surface area contributed by atoms with Crippen LogP contribution in [0.3, 0.4) is 0 Å². The minimum Gasteiger partial charge on any atom is -0.546 e. The third kappa shape index (κ3) is 4.08. The number of carbonyl (C=O) groups is 2. The van der Waals surface area contributed by atoms with Crippen LogP contribution in [0.15, 0.2) is 54.1 Å². The van der Waals surface area contributed by atoms with Gasteiger partial charge in [0.05, 0.1) is 5.97 Å². The summed E-state index contributed by atoms with van der Waals surface area (Å²) in [5.41, 5.74) is 1.59. The van der Waals surface area contributed by atoms with Crippen molar-refractivity contribution in [2.75, 3.05) is 6.61 Å². The highest BCUT2D eigenvalue weighted by Gasteiger charge is 2.15. The molecule has 0 amide bonds. The van der Waals surface area contributed by atoms with E-state index < -0.39 is 18.4 Å². The molecule has 0 aliphatic heterocycles. The van der Waals surface area contributed by atoms with Crippen molar-refractivity contribution >= 4 is 17.8 Å². The van der Waals surface area contributed by atoms with Gasteiger partial charge in [0.2, 0.25) is 5.78 Å². The molecule has 5 heteroatoms. The van der Waals surface area contributed by atoms with Gasteiger partial charge in [0.1, 0.15) is 24.0 Å². The van der Waals surface area contributed by atoms with E-state index in [1.807, 2.05) is 12.1 Å². The normalized spacial score (nSPS) is 10.8. The topological polar surface area (TPSA) is 90.2 Å². The molecule has 0 aromatic heterocycles. The van der Waals surface area contributed by atoms with Crippen LogP contribution in [-0.4, -0.2) is 18.4 Å². The molecule has 2 aromatic rings. The van der Waals surface area contributed by atoms with Crippen LogP contribution in [0.25, 0.3) is 6.08 Å². The zero-order valence-electron chi connectivity index (χ0n) is 13.0. The van der Waals surface area contributed by atoms with Crippen LogP contribution in [0.4, 0.5) is 0 Å². The first-order valence-corrected chi connectivity index (χ1v) is 7.16. The van der Waals surface area contributed by atoms with Crippen molar-refractivity contribution in [1.29, 1.82) is 5.26 Å². The molecule has 0 atom stereocenters. The predicted molar refractivity (Wildman–Crippen MR) is 86.0 cm³/mol. The molecule has 24 heavy (non-hydrogen) atoms. The number of aliphatic carboxylic acids is 1. The number of nitrogens with zero attached hydrogens (tertiary/aromatic N) is 1. The molecule has 0 aliphatic carbocycles. The number of benzene rings is 2. The fourth-order valence-corrected chi connectivity index (χ4v) is 2.14. The number of ether oxygens (including phenoxy) is 1. The lowest BCUT2D eigenvalue weighted by molar-refractivity contribution is -0.307. The maximum absolute atomic E-state index is 12.5. The number of ketones is 1. The monoisotopic (exact) mass is 320 g/mol. The zero-order valence-corrected chi connectivity index (χ0v) is 13.0. The van der Waals surface area contributed by atoms with Gasteiger partial charge in [-0.05, 0) is 24.6 Å². The molecule has 120 valence electrons. The number of aryl methyl sites for hydroxylation is 1. The highest BCUT2D eigenvalue weighted by atomic mass is 16.5. The summed E-state index contributed by atoms with van der Waals surface area (Å²) in [4.78, 5) is 23.1. The third-order valence-corrected chi connectivity index (χ3v) is 3.32. The number of para-hydroxylation sites is 1. The van der Waals surface area contributed by atoms with Crippen molar-refractivity contribution < 1.29 is 19.4 Å². The quantitative estimate of drug-likeness (QED) is 0.461. The molecule has 5 nitrogen and oxygen atoms in total. The Hall–Kier alpha value is -3.39. The highest BCUT2D eigenvalue weighted by molar-refractivity contribution is 6.14. The number of carbonyl (C=O) groups excluding carboxylic acids is 2. The first kappa shape index (κ1) is 17.0. The van der Waals surface area contributed by atoms with Crippen LogP contribution in [-0.2, 0) is 4.79 Å². The van der Waals surface area contributed by atoms with Crippen molar-refractivity contribution in [1.82, 2.24) is 0 Å². The average Bonchev–Trinajstić information content (AvgIpc) is 2.58. The van der Waals surface area contributed by atoms with Gasteiger partial charge in [-0.15, -0.1) is 0 Å². The van der Waals surface area contributed by atoms with E-state index in [0.29, 0.717) is 11.1 Å². The van der Waals surface area contributed by atoms with Crippen LogP contribution in [0.2, 0.25) is 0 Å². The van der Waals surface area contributed by atoms with Crippen molar-refractivity contribution in [2.45, 2.75) is 6.92 Å². The molecule has 0 spiro atoms. The second-order valence-corrected chi connectivity index (χ2v) is 5.01. The van der Waals surface area contributed by atoms with Crippen LogP contribution in [0.1, 0.15) is 21.5 Å². The summed E-state index contributed by atoms with van der Waals surface area (Å²) in [6.45, 7) is 1.18. The minimum atomic E-state index is -1.36. The Kier molecular flexibility index (Phi) is 5.48. The van der Waals surface area contributed by atoms with Gasteiger partial charge >= 0.3 is 0 Å². The maximum Gasteiger partial charge on any atom is 0.203 e. The lowest BCUT2D eigenvalue weighted by Gasteiger charge is -2.10. The molecule has 2 aromatic carbocycles. The Balaban J connectivity index is 2.38. The number of hydrogen-bond donors (Lipinski definition) is 0. The summed E-state index contributed by atoms with van der Waals surface area (Å²) in [6.07, 6.45) is 1.39. The molecule has 0 fully saturated rings. The van der Waals surface area contributed by atoms with Crippen LogP contribution in [0.5, 0.6) is 5.75 Å². The Morgan fingerprint density at radius 2 is 1.83 bits per heavy atom. The van der Waals surface area contributed by atoms with E-state index >= 15 is 0 Å². The molecule has 0 heterocycles. The van der Waals surface area contributed by atoms with Gasteiger partial charge in [-0.25, -0.2) is 0 Å².